The third kappa shape index (κ3) is 5.20. The van der Waals surface area contributed by atoms with Crippen LogP contribution in [0.25, 0.3) is 0 Å². The Morgan fingerprint density at radius 1 is 1.33 bits per heavy atom. The molecule has 2 N–H and O–H groups in total. The van der Waals surface area contributed by atoms with Crippen LogP contribution in [-0.4, -0.2) is 61.0 Å². The van der Waals surface area contributed by atoms with E-state index in [-0.39, 0.29) is 11.0 Å². The first-order valence-electron chi connectivity index (χ1n) is 8.62. The second-order valence-electron chi connectivity index (χ2n) is 8.04. The maximum atomic E-state index is 9.16. The molecule has 21 heavy (non-hydrogen) atoms. The lowest BCUT2D eigenvalue weighted by atomic mass is 9.83. The van der Waals surface area contributed by atoms with Gasteiger partial charge in [-0.3, -0.25) is 4.90 Å². The van der Waals surface area contributed by atoms with Gasteiger partial charge in [-0.25, -0.2) is 0 Å². The quantitative estimate of drug-likeness (QED) is 0.719. The van der Waals surface area contributed by atoms with E-state index in [4.69, 9.17) is 9.84 Å². The van der Waals surface area contributed by atoms with Crippen LogP contribution in [0.5, 0.6) is 0 Å². The van der Waals surface area contributed by atoms with Gasteiger partial charge in [0, 0.05) is 49.8 Å². The number of hydrogen-bond acceptors (Lipinski definition) is 4. The summed E-state index contributed by atoms with van der Waals surface area (Å²) in [5.41, 5.74) is 0.403. The molecule has 1 aliphatic heterocycles. The lowest BCUT2D eigenvalue weighted by Gasteiger charge is -2.43. The Kier molecular flexibility index (Phi) is 6.06. The van der Waals surface area contributed by atoms with Crippen molar-refractivity contribution in [3.63, 3.8) is 0 Å². The standard InChI is InChI=1S/C17H34N2O2/c1-16(2,3)18-12-17(8-11-21-14-17)13-19(9-5-10-20)15-6-4-7-15/h15,18,20H,4-14H2,1-3H3. The zero-order valence-electron chi connectivity index (χ0n) is 14.2. The summed E-state index contributed by atoms with van der Waals surface area (Å²) in [5.74, 6) is 0. The van der Waals surface area contributed by atoms with Crippen LogP contribution in [-0.2, 0) is 4.74 Å². The van der Waals surface area contributed by atoms with Crippen molar-refractivity contribution in [1.82, 2.24) is 10.2 Å². The molecule has 2 rings (SSSR count). The molecule has 1 saturated heterocycles. The number of hydrogen-bond donors (Lipinski definition) is 2. The molecule has 1 atom stereocenters. The summed E-state index contributed by atoms with van der Waals surface area (Å²) < 4.78 is 5.75. The highest BCUT2D eigenvalue weighted by Crippen LogP contribution is 2.33. The molecule has 0 radical (unpaired) electrons. The third-order valence-corrected chi connectivity index (χ3v) is 4.91. The van der Waals surface area contributed by atoms with Crippen molar-refractivity contribution in [3.8, 4) is 0 Å². The van der Waals surface area contributed by atoms with Crippen LogP contribution in [0.3, 0.4) is 0 Å². The molecule has 2 aliphatic rings. The summed E-state index contributed by atoms with van der Waals surface area (Å²) in [5, 5.41) is 12.8. The van der Waals surface area contributed by atoms with Crippen LogP contribution in [0.1, 0.15) is 52.9 Å². The Bertz CT molecular complexity index is 304. The molecule has 0 aromatic carbocycles. The molecule has 2 fully saturated rings. The summed E-state index contributed by atoms with van der Waals surface area (Å²) in [6, 6.07) is 0.740. The average Bonchev–Trinajstić information content (AvgIpc) is 2.80. The van der Waals surface area contributed by atoms with E-state index < -0.39 is 0 Å². The fourth-order valence-electron chi connectivity index (χ4n) is 3.27. The van der Waals surface area contributed by atoms with Crippen LogP contribution in [0.15, 0.2) is 0 Å². The molecule has 0 amide bonds. The van der Waals surface area contributed by atoms with Crippen LogP contribution in [0.2, 0.25) is 0 Å². The van der Waals surface area contributed by atoms with Gasteiger partial charge in [0.1, 0.15) is 0 Å². The van der Waals surface area contributed by atoms with E-state index in [0.29, 0.717) is 6.61 Å². The molecule has 0 spiro atoms. The van der Waals surface area contributed by atoms with E-state index in [0.717, 1.165) is 51.7 Å². The SMILES string of the molecule is CC(C)(C)NCC1(CN(CCCO)C2CCC2)CCOC1. The van der Waals surface area contributed by atoms with Crippen LogP contribution in [0.4, 0.5) is 0 Å². The number of nitrogens with one attached hydrogen (secondary N) is 1. The van der Waals surface area contributed by atoms with Crippen molar-refractivity contribution in [2.75, 3.05) is 39.5 Å². The predicted molar refractivity (Wildman–Crippen MR) is 86.5 cm³/mol. The van der Waals surface area contributed by atoms with E-state index in [1.807, 2.05) is 0 Å². The molecule has 4 heteroatoms. The molecule has 0 aromatic rings. The van der Waals surface area contributed by atoms with Gasteiger partial charge in [0.2, 0.25) is 0 Å². The molecule has 0 bridgehead atoms. The smallest absolute Gasteiger partial charge is 0.0547 e. The van der Waals surface area contributed by atoms with E-state index in [2.05, 4.69) is 31.0 Å². The van der Waals surface area contributed by atoms with Crippen molar-refractivity contribution in [2.45, 2.75) is 64.5 Å². The minimum Gasteiger partial charge on any atom is -0.396 e. The van der Waals surface area contributed by atoms with Crippen LogP contribution >= 0.6 is 0 Å². The first-order valence-corrected chi connectivity index (χ1v) is 8.62. The van der Waals surface area contributed by atoms with E-state index in [9.17, 15) is 0 Å². The van der Waals surface area contributed by atoms with Crippen molar-refractivity contribution in [1.29, 1.82) is 0 Å². The number of rotatable bonds is 8. The normalized spacial score (nSPS) is 27.3. The molecule has 4 nitrogen and oxygen atoms in total. The van der Waals surface area contributed by atoms with Gasteiger partial charge in [0.15, 0.2) is 0 Å². The molecule has 1 unspecified atom stereocenters. The van der Waals surface area contributed by atoms with E-state index in [1.54, 1.807) is 0 Å². The largest absolute Gasteiger partial charge is 0.396 e. The molecular formula is C17H34N2O2. The average molecular weight is 298 g/mol. The van der Waals surface area contributed by atoms with Gasteiger partial charge in [-0.1, -0.05) is 6.42 Å². The summed E-state index contributed by atoms with van der Waals surface area (Å²) in [6.45, 7) is 11.9. The zero-order valence-corrected chi connectivity index (χ0v) is 14.2. The molecule has 1 saturated carbocycles. The number of aliphatic hydroxyl groups excluding tert-OH is 1. The van der Waals surface area contributed by atoms with Gasteiger partial charge in [0.25, 0.3) is 0 Å². The van der Waals surface area contributed by atoms with Crippen molar-refractivity contribution < 1.29 is 9.84 Å². The van der Waals surface area contributed by atoms with Crippen molar-refractivity contribution in [2.24, 2.45) is 5.41 Å². The first kappa shape index (κ1) is 17.2. The third-order valence-electron chi connectivity index (χ3n) is 4.91. The second-order valence-corrected chi connectivity index (χ2v) is 8.04. The lowest BCUT2D eigenvalue weighted by Crippen LogP contribution is -2.52. The summed E-state index contributed by atoms with van der Waals surface area (Å²) in [7, 11) is 0. The van der Waals surface area contributed by atoms with Gasteiger partial charge < -0.3 is 15.2 Å². The minimum absolute atomic E-state index is 0.155. The summed E-state index contributed by atoms with van der Waals surface area (Å²) in [4.78, 5) is 2.62. The Balaban J connectivity index is 1.95. The summed E-state index contributed by atoms with van der Waals surface area (Å²) >= 11 is 0. The van der Waals surface area contributed by atoms with Crippen molar-refractivity contribution in [3.05, 3.63) is 0 Å². The predicted octanol–water partition coefficient (Wildman–Crippen LogP) is 2.02. The zero-order chi connectivity index (χ0) is 15.3. The fourth-order valence-corrected chi connectivity index (χ4v) is 3.27. The highest BCUT2D eigenvalue weighted by Gasteiger charge is 2.39. The Morgan fingerprint density at radius 3 is 2.57 bits per heavy atom. The van der Waals surface area contributed by atoms with E-state index in [1.165, 1.54) is 19.3 Å². The van der Waals surface area contributed by atoms with Crippen molar-refractivity contribution >= 4 is 0 Å². The van der Waals surface area contributed by atoms with Crippen LogP contribution < -0.4 is 5.32 Å². The topological polar surface area (TPSA) is 44.7 Å². The molecule has 1 aliphatic carbocycles. The van der Waals surface area contributed by atoms with Gasteiger partial charge in [-0.2, -0.15) is 0 Å². The minimum atomic E-state index is 0.155. The maximum absolute atomic E-state index is 9.16. The highest BCUT2D eigenvalue weighted by molar-refractivity contribution is 4.93. The van der Waals surface area contributed by atoms with Gasteiger partial charge in [-0.15, -0.1) is 0 Å². The monoisotopic (exact) mass is 298 g/mol. The maximum Gasteiger partial charge on any atom is 0.0547 e. The molecule has 0 aromatic heterocycles. The number of ether oxygens (including phenoxy) is 1. The van der Waals surface area contributed by atoms with Gasteiger partial charge in [-0.05, 0) is 46.5 Å². The Morgan fingerprint density at radius 2 is 2.10 bits per heavy atom. The van der Waals surface area contributed by atoms with Gasteiger partial charge >= 0.3 is 0 Å². The Hall–Kier alpha value is -0.160. The van der Waals surface area contributed by atoms with Crippen LogP contribution in [0, 0.1) is 5.41 Å². The molecule has 1 heterocycles. The Labute approximate surface area is 130 Å². The van der Waals surface area contributed by atoms with E-state index >= 15 is 0 Å². The first-order chi connectivity index (χ1) is 9.94. The molecule has 124 valence electrons. The van der Waals surface area contributed by atoms with Gasteiger partial charge in [0.05, 0.1) is 6.61 Å². The second kappa shape index (κ2) is 7.40. The summed E-state index contributed by atoms with van der Waals surface area (Å²) in [6.07, 6.45) is 6.06. The number of aliphatic hydroxyl groups is 1. The number of nitrogens with zero attached hydrogens (tertiary/aromatic N) is 1. The lowest BCUT2D eigenvalue weighted by molar-refractivity contribution is 0.0495. The fraction of sp³-hybridized carbons (Fsp3) is 1.00. The molecular weight excluding hydrogens is 264 g/mol. The highest BCUT2D eigenvalue weighted by atomic mass is 16.5.